The number of hydrogen-bond acceptors (Lipinski definition) is 5. The Morgan fingerprint density at radius 2 is 2.08 bits per heavy atom. The number of nitrogens with one attached hydrogen (secondary N) is 2. The number of fused-ring (bicyclic) bond motifs is 3. The Balaban J connectivity index is 1.98. The number of aryl methyl sites for hydroxylation is 1. The average Bonchev–Trinajstić information content (AvgIpc) is 2.98. The van der Waals surface area contributed by atoms with E-state index in [1.54, 1.807) is 0 Å². The second kappa shape index (κ2) is 5.52. The molecule has 3 aromatic rings. The van der Waals surface area contributed by atoms with Gasteiger partial charge in [-0.1, -0.05) is 17.7 Å². The van der Waals surface area contributed by atoms with Crippen molar-refractivity contribution in [2.45, 2.75) is 6.92 Å². The van der Waals surface area contributed by atoms with Crippen molar-refractivity contribution >= 4 is 22.9 Å². The summed E-state index contributed by atoms with van der Waals surface area (Å²) in [5, 5.41) is 21.2. The second-order valence-corrected chi connectivity index (χ2v) is 5.66. The fourth-order valence-corrected chi connectivity index (χ4v) is 2.83. The molecule has 0 saturated heterocycles. The van der Waals surface area contributed by atoms with Gasteiger partial charge in [-0.25, -0.2) is 9.38 Å². The number of H-pyrrole nitrogens is 1. The average molecular weight is 337 g/mol. The Labute approximate surface area is 141 Å². The summed E-state index contributed by atoms with van der Waals surface area (Å²) in [6.07, 6.45) is 1.50. The number of amidine groups is 1. The molecular formula is C17H12FN5O2. The van der Waals surface area contributed by atoms with Crippen molar-refractivity contribution in [3.05, 3.63) is 69.7 Å². The number of aromatic nitrogens is 2. The smallest absolute Gasteiger partial charge is 0.283 e. The maximum absolute atomic E-state index is 14.4. The van der Waals surface area contributed by atoms with E-state index in [9.17, 15) is 14.5 Å². The highest BCUT2D eigenvalue weighted by Crippen LogP contribution is 2.38. The van der Waals surface area contributed by atoms with E-state index in [0.29, 0.717) is 17.1 Å². The quantitative estimate of drug-likeness (QED) is 0.547. The van der Waals surface area contributed by atoms with Crippen LogP contribution in [0, 0.1) is 22.9 Å². The summed E-state index contributed by atoms with van der Waals surface area (Å²) in [5.74, 6) is -0.656. The fourth-order valence-electron chi connectivity index (χ4n) is 2.83. The number of aliphatic imine (C=N–C) groups is 1. The van der Waals surface area contributed by atoms with Gasteiger partial charge in [0.25, 0.3) is 5.69 Å². The van der Waals surface area contributed by atoms with Crippen LogP contribution in [0.4, 0.5) is 21.5 Å². The standard InChI is InChI=1S/C17H12FN5O2/c1-9-5-6-12-10(7-9)16-13(8-19-22-16)21-17(20-12)15-11(18)3-2-4-14(15)23(24)25/h2-8H,1H3,(H,19,22)(H,20,21). The molecule has 124 valence electrons. The van der Waals surface area contributed by atoms with Gasteiger partial charge in [0.15, 0.2) is 0 Å². The minimum absolute atomic E-state index is 0.0649. The first kappa shape index (κ1) is 15.0. The summed E-state index contributed by atoms with van der Waals surface area (Å²) in [6, 6.07) is 9.37. The van der Waals surface area contributed by atoms with E-state index in [1.807, 2.05) is 25.1 Å². The number of anilines is 1. The molecule has 0 bridgehead atoms. The van der Waals surface area contributed by atoms with E-state index >= 15 is 0 Å². The second-order valence-electron chi connectivity index (χ2n) is 5.66. The zero-order chi connectivity index (χ0) is 17.6. The molecule has 2 heterocycles. The van der Waals surface area contributed by atoms with Gasteiger partial charge in [0.1, 0.15) is 22.9 Å². The summed E-state index contributed by atoms with van der Waals surface area (Å²) in [5.41, 5.74) is 3.10. The molecule has 0 amide bonds. The zero-order valence-electron chi connectivity index (χ0n) is 13.1. The molecule has 25 heavy (non-hydrogen) atoms. The highest BCUT2D eigenvalue weighted by Gasteiger charge is 2.26. The number of nitrogens with zero attached hydrogens (tertiary/aromatic N) is 3. The van der Waals surface area contributed by atoms with Crippen LogP contribution in [-0.4, -0.2) is 21.0 Å². The lowest BCUT2D eigenvalue weighted by Gasteiger charge is -2.12. The molecule has 1 aliphatic rings. The van der Waals surface area contributed by atoms with Crippen molar-refractivity contribution in [1.82, 2.24) is 10.2 Å². The minimum atomic E-state index is -0.721. The van der Waals surface area contributed by atoms with Crippen molar-refractivity contribution in [3.8, 4) is 11.3 Å². The third kappa shape index (κ3) is 2.44. The number of rotatable bonds is 2. The van der Waals surface area contributed by atoms with Crippen LogP contribution in [0.5, 0.6) is 0 Å². The Kier molecular flexibility index (Phi) is 3.31. The Morgan fingerprint density at radius 1 is 1.24 bits per heavy atom. The van der Waals surface area contributed by atoms with Crippen LogP contribution in [0.3, 0.4) is 0 Å². The van der Waals surface area contributed by atoms with E-state index in [0.717, 1.165) is 11.1 Å². The lowest BCUT2D eigenvalue weighted by Crippen LogP contribution is -2.17. The Hall–Kier alpha value is -3.55. The number of nitro groups is 1. The lowest BCUT2D eigenvalue weighted by atomic mass is 10.1. The van der Waals surface area contributed by atoms with Crippen molar-refractivity contribution in [2.75, 3.05) is 5.32 Å². The van der Waals surface area contributed by atoms with Crippen LogP contribution in [0.2, 0.25) is 0 Å². The van der Waals surface area contributed by atoms with Gasteiger partial charge in [-0.05, 0) is 25.1 Å². The van der Waals surface area contributed by atoms with Gasteiger partial charge in [0.2, 0.25) is 0 Å². The summed E-state index contributed by atoms with van der Waals surface area (Å²) >= 11 is 0. The molecule has 0 fully saturated rings. The predicted molar refractivity (Wildman–Crippen MR) is 91.6 cm³/mol. The van der Waals surface area contributed by atoms with E-state index in [2.05, 4.69) is 20.5 Å². The van der Waals surface area contributed by atoms with Crippen LogP contribution in [-0.2, 0) is 0 Å². The molecule has 7 nitrogen and oxygen atoms in total. The van der Waals surface area contributed by atoms with E-state index in [4.69, 9.17) is 0 Å². The van der Waals surface area contributed by atoms with E-state index < -0.39 is 10.7 Å². The van der Waals surface area contributed by atoms with Crippen LogP contribution in [0.15, 0.2) is 47.6 Å². The van der Waals surface area contributed by atoms with Crippen LogP contribution in [0.1, 0.15) is 11.1 Å². The van der Waals surface area contributed by atoms with Crippen molar-refractivity contribution < 1.29 is 9.31 Å². The molecule has 1 aromatic heterocycles. The molecule has 0 radical (unpaired) electrons. The normalized spacial score (nSPS) is 12.5. The molecule has 1 aliphatic heterocycles. The first-order valence-corrected chi connectivity index (χ1v) is 7.48. The van der Waals surface area contributed by atoms with Gasteiger partial charge in [0.05, 0.1) is 16.8 Å². The Bertz CT molecular complexity index is 1040. The SMILES string of the molecule is Cc1ccc2c(c1)-c1[nH]ncc1N=C(c1c(F)cccc1[N+](=O)[O-])N2. The molecule has 0 spiro atoms. The molecule has 0 saturated carbocycles. The first-order valence-electron chi connectivity index (χ1n) is 7.48. The van der Waals surface area contributed by atoms with E-state index in [-0.39, 0.29) is 17.1 Å². The summed E-state index contributed by atoms with van der Waals surface area (Å²) in [7, 11) is 0. The highest BCUT2D eigenvalue weighted by atomic mass is 19.1. The number of halogens is 1. The van der Waals surface area contributed by atoms with Gasteiger partial charge >= 0.3 is 0 Å². The third-order valence-corrected chi connectivity index (χ3v) is 3.97. The van der Waals surface area contributed by atoms with Crippen LogP contribution in [0.25, 0.3) is 11.3 Å². The van der Waals surface area contributed by atoms with Gasteiger partial charge in [-0.3, -0.25) is 15.2 Å². The molecule has 0 atom stereocenters. The largest absolute Gasteiger partial charge is 0.339 e. The van der Waals surface area contributed by atoms with Gasteiger partial charge < -0.3 is 5.32 Å². The van der Waals surface area contributed by atoms with Crippen molar-refractivity contribution in [2.24, 2.45) is 4.99 Å². The molecule has 0 unspecified atom stereocenters. The Morgan fingerprint density at radius 3 is 2.88 bits per heavy atom. The molecule has 0 aliphatic carbocycles. The number of hydrogen-bond donors (Lipinski definition) is 2. The topological polar surface area (TPSA) is 96.2 Å². The fraction of sp³-hybridized carbons (Fsp3) is 0.0588. The zero-order valence-corrected chi connectivity index (χ0v) is 13.1. The monoisotopic (exact) mass is 337 g/mol. The van der Waals surface area contributed by atoms with Crippen LogP contribution < -0.4 is 5.32 Å². The number of benzene rings is 2. The van der Waals surface area contributed by atoms with Crippen LogP contribution >= 0.6 is 0 Å². The van der Waals surface area contributed by atoms with Gasteiger partial charge in [0, 0.05) is 17.3 Å². The lowest BCUT2D eigenvalue weighted by molar-refractivity contribution is -0.385. The highest BCUT2D eigenvalue weighted by molar-refractivity contribution is 6.15. The summed E-state index contributed by atoms with van der Waals surface area (Å²) in [6.45, 7) is 1.95. The molecule has 2 N–H and O–H groups in total. The van der Waals surface area contributed by atoms with Gasteiger partial charge in [-0.15, -0.1) is 0 Å². The molecule has 2 aromatic carbocycles. The summed E-state index contributed by atoms with van der Waals surface area (Å²) in [4.78, 5) is 15.1. The molecule has 8 heteroatoms. The summed E-state index contributed by atoms with van der Waals surface area (Å²) < 4.78 is 14.4. The van der Waals surface area contributed by atoms with Gasteiger partial charge in [-0.2, -0.15) is 5.10 Å². The number of aromatic amines is 1. The minimum Gasteiger partial charge on any atom is -0.339 e. The molecule has 4 rings (SSSR count). The van der Waals surface area contributed by atoms with Crippen molar-refractivity contribution in [1.29, 1.82) is 0 Å². The first-order chi connectivity index (χ1) is 12.0. The maximum Gasteiger partial charge on any atom is 0.283 e. The third-order valence-electron chi connectivity index (χ3n) is 3.97. The van der Waals surface area contributed by atoms with Crippen molar-refractivity contribution in [3.63, 3.8) is 0 Å². The van der Waals surface area contributed by atoms with E-state index in [1.165, 1.54) is 24.4 Å². The number of nitro benzene ring substituents is 1. The maximum atomic E-state index is 14.4. The molecular weight excluding hydrogens is 325 g/mol. The predicted octanol–water partition coefficient (Wildman–Crippen LogP) is 3.94.